The van der Waals surface area contributed by atoms with Crippen molar-refractivity contribution < 1.29 is 29.2 Å². The van der Waals surface area contributed by atoms with E-state index < -0.39 is 37.0 Å². The number of aliphatic hydroxyl groups is 2. The maximum Gasteiger partial charge on any atom is 0.187 e. The molecule has 5 unspecified atom stereocenters. The van der Waals surface area contributed by atoms with Gasteiger partial charge in [0, 0.05) is 5.56 Å². The summed E-state index contributed by atoms with van der Waals surface area (Å²) in [5, 5.41) is 20.9. The van der Waals surface area contributed by atoms with Gasteiger partial charge >= 0.3 is 0 Å². The zero-order valence-electron chi connectivity index (χ0n) is 14.2. The highest BCUT2D eigenvalue weighted by atomic mass is 16.8. The number of rotatable bonds is 4. The zero-order valence-corrected chi connectivity index (χ0v) is 14.2. The standard InChI is InChI=1S/C20H22O6/c21-16-17(22)20(23-11-13-7-3-1-4-8-13)25-15-12-24-19(26-18(15)16)14-9-5-2-6-10-14/h1-10,15-22H,11-12H2/t15?,16?,17?,18-,19?,20?/m0/s1. The predicted molar refractivity (Wildman–Crippen MR) is 91.9 cm³/mol. The molecule has 0 amide bonds. The van der Waals surface area contributed by atoms with Crippen LogP contribution in [-0.4, -0.2) is 47.5 Å². The average Bonchev–Trinajstić information content (AvgIpc) is 2.71. The van der Waals surface area contributed by atoms with Crippen molar-refractivity contribution in [2.75, 3.05) is 6.61 Å². The van der Waals surface area contributed by atoms with E-state index in [1.807, 2.05) is 60.7 Å². The van der Waals surface area contributed by atoms with Crippen molar-refractivity contribution in [3.8, 4) is 0 Å². The van der Waals surface area contributed by atoms with Crippen LogP contribution in [-0.2, 0) is 25.6 Å². The molecule has 4 rings (SSSR count). The van der Waals surface area contributed by atoms with Crippen LogP contribution in [0.3, 0.4) is 0 Å². The number of benzene rings is 2. The summed E-state index contributed by atoms with van der Waals surface area (Å²) in [5.41, 5.74) is 1.82. The fraction of sp³-hybridized carbons (Fsp3) is 0.400. The molecule has 0 radical (unpaired) electrons. The monoisotopic (exact) mass is 358 g/mol. The zero-order chi connectivity index (χ0) is 17.9. The fourth-order valence-electron chi connectivity index (χ4n) is 3.25. The summed E-state index contributed by atoms with van der Waals surface area (Å²) in [7, 11) is 0. The molecule has 2 aliphatic rings. The van der Waals surface area contributed by atoms with Crippen molar-refractivity contribution in [3.63, 3.8) is 0 Å². The van der Waals surface area contributed by atoms with Crippen LogP contribution in [0.1, 0.15) is 17.4 Å². The van der Waals surface area contributed by atoms with E-state index in [0.717, 1.165) is 11.1 Å². The van der Waals surface area contributed by atoms with Gasteiger partial charge in [0.15, 0.2) is 12.6 Å². The lowest BCUT2D eigenvalue weighted by Crippen LogP contribution is -2.62. The fourth-order valence-corrected chi connectivity index (χ4v) is 3.25. The van der Waals surface area contributed by atoms with Crippen molar-refractivity contribution in [2.45, 2.75) is 43.6 Å². The van der Waals surface area contributed by atoms with Gasteiger partial charge < -0.3 is 29.2 Å². The maximum atomic E-state index is 10.5. The van der Waals surface area contributed by atoms with E-state index in [1.54, 1.807) is 0 Å². The van der Waals surface area contributed by atoms with Gasteiger partial charge in [-0.1, -0.05) is 60.7 Å². The van der Waals surface area contributed by atoms with Crippen molar-refractivity contribution in [3.05, 3.63) is 71.8 Å². The summed E-state index contributed by atoms with van der Waals surface area (Å²) in [6.45, 7) is 0.528. The van der Waals surface area contributed by atoms with Gasteiger partial charge in [-0.2, -0.15) is 0 Å². The maximum absolute atomic E-state index is 10.5. The second-order valence-electron chi connectivity index (χ2n) is 6.50. The summed E-state index contributed by atoms with van der Waals surface area (Å²) >= 11 is 0. The Morgan fingerprint density at radius 1 is 0.885 bits per heavy atom. The molecular formula is C20H22O6. The van der Waals surface area contributed by atoms with Gasteiger partial charge in [0.25, 0.3) is 0 Å². The van der Waals surface area contributed by atoms with Gasteiger partial charge in [0.2, 0.25) is 0 Å². The first-order valence-electron chi connectivity index (χ1n) is 8.71. The van der Waals surface area contributed by atoms with Crippen molar-refractivity contribution >= 4 is 0 Å². The normalized spacial score (nSPS) is 34.2. The Morgan fingerprint density at radius 2 is 1.58 bits per heavy atom. The molecule has 2 aliphatic heterocycles. The molecular weight excluding hydrogens is 336 g/mol. The van der Waals surface area contributed by atoms with Crippen LogP contribution in [0.15, 0.2) is 60.7 Å². The third kappa shape index (κ3) is 3.66. The number of hydrogen-bond donors (Lipinski definition) is 2. The molecule has 0 aliphatic carbocycles. The van der Waals surface area contributed by atoms with Crippen LogP contribution in [0.4, 0.5) is 0 Å². The van der Waals surface area contributed by atoms with E-state index in [0.29, 0.717) is 0 Å². The first kappa shape index (κ1) is 17.6. The predicted octanol–water partition coefficient (Wildman–Crippen LogP) is 1.76. The van der Waals surface area contributed by atoms with Crippen molar-refractivity contribution in [1.29, 1.82) is 0 Å². The first-order valence-corrected chi connectivity index (χ1v) is 8.71. The Bertz CT molecular complexity index is 692. The largest absolute Gasteiger partial charge is 0.387 e. The lowest BCUT2D eigenvalue weighted by molar-refractivity contribution is -0.362. The Kier molecular flexibility index (Phi) is 5.31. The summed E-state index contributed by atoms with van der Waals surface area (Å²) in [4.78, 5) is 0. The third-order valence-corrected chi connectivity index (χ3v) is 4.66. The summed E-state index contributed by atoms with van der Waals surface area (Å²) < 4.78 is 23.1. The third-order valence-electron chi connectivity index (χ3n) is 4.66. The molecule has 2 N–H and O–H groups in total. The smallest absolute Gasteiger partial charge is 0.187 e. The van der Waals surface area contributed by atoms with Crippen molar-refractivity contribution in [1.82, 2.24) is 0 Å². The number of hydrogen-bond acceptors (Lipinski definition) is 6. The summed E-state index contributed by atoms with van der Waals surface area (Å²) in [6.07, 6.45) is -5.04. The van der Waals surface area contributed by atoms with E-state index in [1.165, 1.54) is 0 Å². The molecule has 2 saturated heterocycles. The Hall–Kier alpha value is -1.80. The lowest BCUT2D eigenvalue weighted by Gasteiger charge is -2.46. The van der Waals surface area contributed by atoms with Gasteiger partial charge in [-0.15, -0.1) is 0 Å². The van der Waals surface area contributed by atoms with E-state index in [2.05, 4.69) is 0 Å². The van der Waals surface area contributed by atoms with Crippen molar-refractivity contribution in [2.24, 2.45) is 0 Å². The minimum atomic E-state index is -1.20. The van der Waals surface area contributed by atoms with Crippen LogP contribution in [0.2, 0.25) is 0 Å². The molecule has 0 spiro atoms. The first-order chi connectivity index (χ1) is 12.7. The van der Waals surface area contributed by atoms with E-state index in [-0.39, 0.29) is 13.2 Å². The molecule has 0 saturated carbocycles. The highest BCUT2D eigenvalue weighted by Crippen LogP contribution is 2.34. The Balaban J connectivity index is 1.40. The van der Waals surface area contributed by atoms with E-state index in [9.17, 15) is 10.2 Å². The summed E-state index contributed by atoms with van der Waals surface area (Å²) in [5.74, 6) is 0. The van der Waals surface area contributed by atoms with Crippen LogP contribution < -0.4 is 0 Å². The second-order valence-corrected chi connectivity index (χ2v) is 6.50. The molecule has 2 aromatic carbocycles. The molecule has 2 fully saturated rings. The quantitative estimate of drug-likeness (QED) is 0.867. The molecule has 6 heteroatoms. The molecule has 6 nitrogen and oxygen atoms in total. The van der Waals surface area contributed by atoms with Gasteiger partial charge in [-0.25, -0.2) is 0 Å². The summed E-state index contributed by atoms with van der Waals surface area (Å²) in [6, 6.07) is 19.1. The topological polar surface area (TPSA) is 77.4 Å². The SMILES string of the molecule is OC1C(OCc2ccccc2)OC2COC(c3ccccc3)O[C@@H]2C1O. The van der Waals surface area contributed by atoms with Crippen LogP contribution in [0.25, 0.3) is 0 Å². The number of ether oxygens (including phenoxy) is 4. The van der Waals surface area contributed by atoms with E-state index in [4.69, 9.17) is 18.9 Å². The van der Waals surface area contributed by atoms with Gasteiger partial charge in [0.1, 0.15) is 24.4 Å². The second kappa shape index (κ2) is 7.84. The van der Waals surface area contributed by atoms with Gasteiger partial charge in [-0.05, 0) is 5.56 Å². The average molecular weight is 358 g/mol. The molecule has 0 aromatic heterocycles. The van der Waals surface area contributed by atoms with Crippen LogP contribution in [0, 0.1) is 0 Å². The molecule has 6 atom stereocenters. The van der Waals surface area contributed by atoms with Gasteiger partial charge in [-0.3, -0.25) is 0 Å². The Morgan fingerprint density at radius 3 is 2.31 bits per heavy atom. The highest BCUT2D eigenvalue weighted by Gasteiger charge is 2.49. The molecule has 2 aromatic rings. The van der Waals surface area contributed by atoms with Crippen LogP contribution >= 0.6 is 0 Å². The van der Waals surface area contributed by atoms with Crippen LogP contribution in [0.5, 0.6) is 0 Å². The molecule has 26 heavy (non-hydrogen) atoms. The molecule has 0 bridgehead atoms. The minimum absolute atomic E-state index is 0.249. The number of aliphatic hydroxyl groups excluding tert-OH is 2. The van der Waals surface area contributed by atoms with Gasteiger partial charge in [0.05, 0.1) is 13.2 Å². The van der Waals surface area contributed by atoms with E-state index >= 15 is 0 Å². The Labute approximate surface area is 151 Å². The molecule has 138 valence electrons. The number of fused-ring (bicyclic) bond motifs is 1. The lowest BCUT2D eigenvalue weighted by atomic mass is 9.98. The minimum Gasteiger partial charge on any atom is -0.387 e. The highest BCUT2D eigenvalue weighted by molar-refractivity contribution is 5.17. The molecule has 2 heterocycles.